The van der Waals surface area contributed by atoms with E-state index in [1.165, 1.54) is 0 Å². The zero-order valence-corrected chi connectivity index (χ0v) is 8.46. The Labute approximate surface area is 87.4 Å². The fourth-order valence-electron chi connectivity index (χ4n) is 0.574. The molecule has 3 nitrogen and oxygen atoms in total. The predicted octanol–water partition coefficient (Wildman–Crippen LogP) is 2.10. The van der Waals surface area contributed by atoms with Gasteiger partial charge >= 0.3 is 5.97 Å². The van der Waals surface area contributed by atoms with Crippen LogP contribution in [0.3, 0.4) is 0 Å². The fraction of sp³-hybridized carbons (Fsp3) is 0.300. The Bertz CT molecular complexity index is 190. The quantitative estimate of drug-likeness (QED) is 0.851. The van der Waals surface area contributed by atoms with Crippen LogP contribution in [0.1, 0.15) is 6.92 Å². The second-order valence-electron chi connectivity index (χ2n) is 2.19. The average Bonchev–Trinajstić information content (AvgIpc) is 2.18. The first-order chi connectivity index (χ1) is 6.27. The van der Waals surface area contributed by atoms with Crippen LogP contribution in [0, 0.1) is 0 Å². The predicted molar refractivity (Wildman–Crippen MR) is 55.6 cm³/mol. The van der Waals surface area contributed by atoms with E-state index in [2.05, 4.69) is 4.74 Å². The standard InChI is InChI=1S/C6H6.C4H8O3.2FH/c1-2-4-6-5-3-1;1-2-7-3-4(5)6;;/h1-6H;2-3H2,1H3,(H,5,6);2*1H. The molecule has 0 bridgehead atoms. The third kappa shape index (κ3) is 19.1. The minimum absolute atomic E-state index is 0. The van der Waals surface area contributed by atoms with Gasteiger partial charge in [0.05, 0.1) is 0 Å². The summed E-state index contributed by atoms with van der Waals surface area (Å²) in [6.45, 7) is 2.03. The van der Waals surface area contributed by atoms with Crippen molar-refractivity contribution in [3.63, 3.8) is 0 Å². The van der Waals surface area contributed by atoms with Crippen LogP contribution in [0.25, 0.3) is 0 Å². The molecule has 1 N–H and O–H groups in total. The van der Waals surface area contributed by atoms with Gasteiger partial charge in [0, 0.05) is 6.61 Å². The minimum Gasteiger partial charge on any atom is -0.480 e. The third-order valence-corrected chi connectivity index (χ3v) is 1.10. The summed E-state index contributed by atoms with van der Waals surface area (Å²) in [6, 6.07) is 12.0. The first-order valence-corrected chi connectivity index (χ1v) is 4.07. The summed E-state index contributed by atoms with van der Waals surface area (Å²) in [5.74, 6) is -0.915. The van der Waals surface area contributed by atoms with Gasteiger partial charge in [0.1, 0.15) is 6.61 Å². The molecule has 0 aromatic heterocycles. The smallest absolute Gasteiger partial charge is 0.329 e. The lowest BCUT2D eigenvalue weighted by atomic mass is 10.4. The molecule has 15 heavy (non-hydrogen) atoms. The molecule has 0 amide bonds. The van der Waals surface area contributed by atoms with Gasteiger partial charge < -0.3 is 9.84 Å². The van der Waals surface area contributed by atoms with E-state index in [0.29, 0.717) is 6.61 Å². The van der Waals surface area contributed by atoms with E-state index in [9.17, 15) is 4.79 Å². The van der Waals surface area contributed by atoms with Crippen molar-refractivity contribution in [3.05, 3.63) is 36.4 Å². The molecule has 0 atom stereocenters. The number of carboxylic acids is 1. The zero-order valence-electron chi connectivity index (χ0n) is 8.46. The molecule has 0 spiro atoms. The maximum Gasteiger partial charge on any atom is 0.329 e. The largest absolute Gasteiger partial charge is 0.480 e. The van der Waals surface area contributed by atoms with Gasteiger partial charge in [0.2, 0.25) is 0 Å². The maximum absolute atomic E-state index is 9.63. The Morgan fingerprint density at radius 2 is 1.40 bits per heavy atom. The first-order valence-electron chi connectivity index (χ1n) is 4.07. The summed E-state index contributed by atoms with van der Waals surface area (Å²) in [4.78, 5) is 9.63. The lowest BCUT2D eigenvalue weighted by Crippen LogP contribution is -2.05. The summed E-state index contributed by atoms with van der Waals surface area (Å²) in [5.41, 5.74) is 0. The Balaban J connectivity index is -0.000000170. The molecule has 0 unspecified atom stereocenters. The molecule has 0 fully saturated rings. The number of carbonyl (C=O) groups is 1. The van der Waals surface area contributed by atoms with Crippen LogP contribution in [0.15, 0.2) is 36.4 Å². The summed E-state index contributed by atoms with van der Waals surface area (Å²) in [6.07, 6.45) is 0. The van der Waals surface area contributed by atoms with Crippen LogP contribution < -0.4 is 0 Å². The lowest BCUT2D eigenvalue weighted by Gasteiger charge is -1.90. The zero-order chi connectivity index (χ0) is 9.94. The van der Waals surface area contributed by atoms with Crippen molar-refractivity contribution >= 4 is 5.97 Å². The SMILES string of the molecule is CCOCC(=O)O.F.F.c1ccccc1. The van der Waals surface area contributed by atoms with Crippen LogP contribution >= 0.6 is 0 Å². The molecule has 88 valence electrons. The van der Waals surface area contributed by atoms with Crippen LogP contribution in [0.2, 0.25) is 0 Å². The monoisotopic (exact) mass is 222 g/mol. The molecular weight excluding hydrogens is 206 g/mol. The van der Waals surface area contributed by atoms with Crippen LogP contribution in [-0.2, 0) is 9.53 Å². The minimum atomic E-state index is -0.915. The van der Waals surface area contributed by atoms with Crippen LogP contribution in [0.5, 0.6) is 0 Å². The lowest BCUT2D eigenvalue weighted by molar-refractivity contribution is -0.142. The average molecular weight is 222 g/mol. The Hall–Kier alpha value is -1.49. The molecule has 0 aliphatic carbocycles. The van der Waals surface area contributed by atoms with Gasteiger partial charge in [0.25, 0.3) is 0 Å². The number of rotatable bonds is 3. The third-order valence-electron chi connectivity index (χ3n) is 1.10. The topological polar surface area (TPSA) is 46.5 Å². The van der Waals surface area contributed by atoms with E-state index in [4.69, 9.17) is 5.11 Å². The van der Waals surface area contributed by atoms with Gasteiger partial charge in [-0.25, -0.2) is 4.79 Å². The van der Waals surface area contributed by atoms with Crippen molar-refractivity contribution in [1.82, 2.24) is 0 Å². The summed E-state index contributed by atoms with van der Waals surface area (Å²) in [5, 5.41) is 7.92. The van der Waals surface area contributed by atoms with E-state index in [0.717, 1.165) is 0 Å². The second-order valence-corrected chi connectivity index (χ2v) is 2.19. The number of aliphatic carboxylic acids is 1. The van der Waals surface area contributed by atoms with E-state index >= 15 is 0 Å². The van der Waals surface area contributed by atoms with Gasteiger partial charge in [-0.15, -0.1) is 0 Å². The number of benzene rings is 1. The highest BCUT2D eigenvalue weighted by molar-refractivity contribution is 5.67. The number of hydrogen-bond acceptors (Lipinski definition) is 2. The Kier molecular flexibility index (Phi) is 19.1. The highest BCUT2D eigenvalue weighted by Gasteiger charge is 1.90. The van der Waals surface area contributed by atoms with Crippen molar-refractivity contribution in [2.24, 2.45) is 0 Å². The molecule has 0 aliphatic heterocycles. The molecule has 0 radical (unpaired) electrons. The van der Waals surface area contributed by atoms with E-state index in [1.54, 1.807) is 6.92 Å². The van der Waals surface area contributed by atoms with Gasteiger partial charge in [0.15, 0.2) is 0 Å². The molecular formula is C10H16F2O3. The highest BCUT2D eigenvalue weighted by atomic mass is 19.0. The molecule has 0 saturated heterocycles. The van der Waals surface area contributed by atoms with Gasteiger partial charge in [-0.1, -0.05) is 36.4 Å². The van der Waals surface area contributed by atoms with Gasteiger partial charge in [-0.2, -0.15) is 0 Å². The maximum atomic E-state index is 9.63. The molecule has 1 rings (SSSR count). The van der Waals surface area contributed by atoms with E-state index in [1.807, 2.05) is 36.4 Å². The van der Waals surface area contributed by atoms with E-state index in [-0.39, 0.29) is 16.0 Å². The first kappa shape index (κ1) is 19.1. The second kappa shape index (κ2) is 15.0. The number of ether oxygens (including phenoxy) is 1. The molecule has 0 heterocycles. The van der Waals surface area contributed by atoms with Crippen molar-refractivity contribution in [1.29, 1.82) is 0 Å². The highest BCUT2D eigenvalue weighted by Crippen LogP contribution is 1.79. The van der Waals surface area contributed by atoms with Crippen molar-refractivity contribution < 1.29 is 24.0 Å². The number of halogens is 2. The normalized spacial score (nSPS) is 7.27. The Morgan fingerprint density at radius 1 is 1.07 bits per heavy atom. The number of hydrogen-bond donors (Lipinski definition) is 1. The fourth-order valence-corrected chi connectivity index (χ4v) is 0.574. The Morgan fingerprint density at radius 3 is 1.53 bits per heavy atom. The molecule has 0 saturated carbocycles. The van der Waals surface area contributed by atoms with Crippen molar-refractivity contribution in [2.75, 3.05) is 13.2 Å². The molecule has 1 aromatic carbocycles. The molecule has 0 aliphatic rings. The van der Waals surface area contributed by atoms with Crippen LogP contribution in [0.4, 0.5) is 9.41 Å². The van der Waals surface area contributed by atoms with E-state index < -0.39 is 5.97 Å². The number of carboxylic acid groups (broad SMARTS) is 1. The molecule has 1 aromatic rings. The molecule has 5 heteroatoms. The van der Waals surface area contributed by atoms with Crippen LogP contribution in [-0.4, -0.2) is 24.3 Å². The van der Waals surface area contributed by atoms with Gasteiger partial charge in [-0.3, -0.25) is 9.41 Å². The summed E-state index contributed by atoms with van der Waals surface area (Å²) in [7, 11) is 0. The van der Waals surface area contributed by atoms with Gasteiger partial charge in [-0.05, 0) is 6.92 Å². The van der Waals surface area contributed by atoms with Crippen molar-refractivity contribution in [3.8, 4) is 0 Å². The summed E-state index contributed by atoms with van der Waals surface area (Å²) < 4.78 is 4.50. The summed E-state index contributed by atoms with van der Waals surface area (Å²) >= 11 is 0. The van der Waals surface area contributed by atoms with Crippen molar-refractivity contribution in [2.45, 2.75) is 6.92 Å².